The summed E-state index contributed by atoms with van der Waals surface area (Å²) in [5.74, 6) is 0. The summed E-state index contributed by atoms with van der Waals surface area (Å²) in [6, 6.07) is -0.0704. The molecule has 0 heterocycles. The van der Waals surface area contributed by atoms with Crippen LogP contribution in [0.2, 0.25) is 0 Å². The molecule has 0 N–H and O–H groups in total. The zero-order valence-electron chi connectivity index (χ0n) is 40.6. The highest BCUT2D eigenvalue weighted by atomic mass is 16.1. The SMILES string of the molecule is CC(CCN=C=O)N=C=O.CC[C@H](CCCN=C=O)N=C=O.O=C=NCCCCCCCCCCCCN=C=O.O=C=NCCCCCCN=C=O.O=C=NCCCCN=C=O.O=C=NCCN=C=O. The standard InChI is InChI=1S/C14H24N2O2.2C8H12N2O2.2C6H8N2O2.C4H4N2O2/c17-13-15-11-9-7-5-3-1-2-4-6-8-10-12-16-14-18;1-2-8(10-7-12)4-3-5-9-6-11;11-7-9-5-3-1-2-4-6-10-8-12;1-6(8-5-10)2-3-7-4-9;9-5-7-3-1-2-4-8-6-10;7-3-5-1-2-6-4-8/h1-12H2;8H,2-5H2,1H3;1-6H2;6H,2-3H2,1H3;1-4H2;1-2H2/t;8-;;;;/m.1..../s1. The highest BCUT2D eigenvalue weighted by Crippen LogP contribution is 2.11. The van der Waals surface area contributed by atoms with E-state index in [9.17, 15) is 57.5 Å². The molecular weight excluding hydrogens is 913 g/mol. The fourth-order valence-electron chi connectivity index (χ4n) is 4.72. The number of nitrogens with zero attached hydrogens (tertiary/aromatic N) is 12. The van der Waals surface area contributed by atoms with Crippen LogP contribution in [-0.4, -0.2) is 150 Å². The quantitative estimate of drug-likeness (QED) is 0.0362. The predicted molar refractivity (Wildman–Crippen MR) is 257 cm³/mol. The van der Waals surface area contributed by atoms with Crippen LogP contribution in [0.1, 0.15) is 142 Å². The van der Waals surface area contributed by atoms with Crippen LogP contribution in [0.4, 0.5) is 0 Å². The Morgan fingerprint density at radius 3 is 0.743 bits per heavy atom. The second kappa shape index (κ2) is 81.7. The van der Waals surface area contributed by atoms with Crippen LogP contribution in [-0.2, 0) is 57.5 Å². The molecule has 0 aliphatic heterocycles. The van der Waals surface area contributed by atoms with Gasteiger partial charge in [0.15, 0.2) is 0 Å². The molecule has 24 heteroatoms. The Labute approximate surface area is 409 Å². The predicted octanol–water partition coefficient (Wildman–Crippen LogP) is 6.53. The first-order valence-electron chi connectivity index (χ1n) is 22.8. The first kappa shape index (κ1) is 74.1. The number of hydrogen-bond donors (Lipinski definition) is 0. The maximum atomic E-state index is 9.89. The molecule has 70 heavy (non-hydrogen) atoms. The maximum Gasteiger partial charge on any atom is 0.235 e. The third-order valence-electron chi connectivity index (χ3n) is 8.28. The molecule has 0 aromatic carbocycles. The lowest BCUT2D eigenvalue weighted by molar-refractivity contribution is 0.535. The van der Waals surface area contributed by atoms with Crippen molar-refractivity contribution in [1.82, 2.24) is 0 Å². The topological polar surface area (TPSA) is 353 Å². The van der Waals surface area contributed by atoms with E-state index in [0.29, 0.717) is 58.8 Å². The summed E-state index contributed by atoms with van der Waals surface area (Å²) in [7, 11) is 0. The summed E-state index contributed by atoms with van der Waals surface area (Å²) < 4.78 is 0. The van der Waals surface area contributed by atoms with Crippen LogP contribution in [0, 0.1) is 0 Å². The van der Waals surface area contributed by atoms with Gasteiger partial charge in [0.1, 0.15) is 0 Å². The van der Waals surface area contributed by atoms with Gasteiger partial charge in [-0.3, -0.25) is 0 Å². The summed E-state index contributed by atoms with van der Waals surface area (Å²) in [6.07, 6.45) is 37.6. The molecular formula is C46H68N12O12. The third-order valence-corrected chi connectivity index (χ3v) is 8.28. The van der Waals surface area contributed by atoms with Crippen molar-refractivity contribution in [3.63, 3.8) is 0 Å². The molecule has 2 atom stereocenters. The van der Waals surface area contributed by atoms with Gasteiger partial charge in [0.2, 0.25) is 73.0 Å². The van der Waals surface area contributed by atoms with E-state index in [4.69, 9.17) is 0 Å². The first-order chi connectivity index (χ1) is 34.3. The minimum atomic E-state index is -0.102. The second-order valence-corrected chi connectivity index (χ2v) is 13.7. The summed E-state index contributed by atoms with van der Waals surface area (Å²) in [4.78, 5) is 156. The highest BCUT2D eigenvalue weighted by molar-refractivity contribution is 5.36. The maximum absolute atomic E-state index is 9.89. The summed E-state index contributed by atoms with van der Waals surface area (Å²) in [6.45, 7) is 8.30. The monoisotopic (exact) mass is 981 g/mol. The van der Waals surface area contributed by atoms with Crippen molar-refractivity contribution >= 4 is 73.0 Å². The normalized spacial score (nSPS) is 9.17. The van der Waals surface area contributed by atoms with E-state index >= 15 is 0 Å². The van der Waals surface area contributed by atoms with Gasteiger partial charge in [-0.15, -0.1) is 0 Å². The summed E-state index contributed by atoms with van der Waals surface area (Å²) in [5, 5.41) is 0. The molecule has 0 radical (unpaired) electrons. The summed E-state index contributed by atoms with van der Waals surface area (Å²) >= 11 is 0. The third kappa shape index (κ3) is 95.0. The number of aliphatic imine (C=N–C) groups is 12. The van der Waals surface area contributed by atoms with Crippen molar-refractivity contribution in [3.8, 4) is 0 Å². The Hall–Kier alpha value is -7.44. The molecule has 0 amide bonds. The van der Waals surface area contributed by atoms with E-state index in [0.717, 1.165) is 83.5 Å². The van der Waals surface area contributed by atoms with Crippen LogP contribution in [0.25, 0.3) is 0 Å². The van der Waals surface area contributed by atoms with Crippen molar-refractivity contribution in [2.75, 3.05) is 65.4 Å². The Morgan fingerprint density at radius 1 is 0.257 bits per heavy atom. The molecule has 0 aromatic rings. The van der Waals surface area contributed by atoms with Gasteiger partial charge in [-0.25, -0.2) is 117 Å². The van der Waals surface area contributed by atoms with Crippen LogP contribution in [0.5, 0.6) is 0 Å². The lowest BCUT2D eigenvalue weighted by Crippen LogP contribution is -2.02. The smallest absolute Gasteiger partial charge is 0.211 e. The van der Waals surface area contributed by atoms with Crippen LogP contribution >= 0.6 is 0 Å². The molecule has 0 saturated heterocycles. The number of unbranched alkanes of at least 4 members (excludes halogenated alkanes) is 13. The van der Waals surface area contributed by atoms with Crippen molar-refractivity contribution in [2.24, 2.45) is 59.9 Å². The number of isocyanates is 12. The highest BCUT2D eigenvalue weighted by Gasteiger charge is 2.02. The van der Waals surface area contributed by atoms with E-state index in [-0.39, 0.29) is 25.2 Å². The van der Waals surface area contributed by atoms with Crippen molar-refractivity contribution in [1.29, 1.82) is 0 Å². The van der Waals surface area contributed by atoms with Gasteiger partial charge < -0.3 is 0 Å². The zero-order chi connectivity index (χ0) is 53.3. The molecule has 24 nitrogen and oxygen atoms in total. The summed E-state index contributed by atoms with van der Waals surface area (Å²) in [5.41, 5.74) is 0. The molecule has 0 aliphatic carbocycles. The van der Waals surface area contributed by atoms with Gasteiger partial charge in [-0.05, 0) is 71.1 Å². The Balaban J connectivity index is -0.000000179. The van der Waals surface area contributed by atoms with Gasteiger partial charge in [-0.1, -0.05) is 71.1 Å². The van der Waals surface area contributed by atoms with Crippen LogP contribution < -0.4 is 0 Å². The molecule has 0 fully saturated rings. The van der Waals surface area contributed by atoms with Gasteiger partial charge in [0, 0.05) is 0 Å². The van der Waals surface area contributed by atoms with Gasteiger partial charge in [0.25, 0.3) is 0 Å². The molecule has 0 aliphatic rings. The Kier molecular flexibility index (Phi) is 86.5. The van der Waals surface area contributed by atoms with E-state index < -0.39 is 0 Å². The molecule has 0 spiro atoms. The van der Waals surface area contributed by atoms with Crippen LogP contribution in [0.3, 0.4) is 0 Å². The zero-order valence-corrected chi connectivity index (χ0v) is 40.6. The van der Waals surface area contributed by atoms with Gasteiger partial charge >= 0.3 is 0 Å². The molecule has 1 unspecified atom stereocenters. The number of carbonyl (C=O) groups excluding carboxylic acids is 12. The fourth-order valence-corrected chi connectivity index (χ4v) is 4.72. The lowest BCUT2D eigenvalue weighted by Gasteiger charge is -2.04. The molecule has 0 rings (SSSR count). The average Bonchev–Trinajstić information content (AvgIpc) is 3.37. The first-order valence-corrected chi connectivity index (χ1v) is 22.8. The molecule has 384 valence electrons. The van der Waals surface area contributed by atoms with Crippen molar-refractivity contribution in [3.05, 3.63) is 0 Å². The molecule has 0 saturated carbocycles. The van der Waals surface area contributed by atoms with E-state index in [1.54, 1.807) is 19.1 Å². The van der Waals surface area contributed by atoms with Gasteiger partial charge in [-0.2, -0.15) is 0 Å². The largest absolute Gasteiger partial charge is 0.235 e. The number of rotatable bonds is 38. The Bertz CT molecular complexity index is 1740. The minimum Gasteiger partial charge on any atom is -0.211 e. The van der Waals surface area contributed by atoms with E-state index in [1.165, 1.54) is 99.3 Å². The van der Waals surface area contributed by atoms with Crippen LogP contribution in [0.15, 0.2) is 59.9 Å². The average molecular weight is 981 g/mol. The minimum absolute atomic E-state index is 0.0318. The van der Waals surface area contributed by atoms with Gasteiger partial charge in [0.05, 0.1) is 77.5 Å². The van der Waals surface area contributed by atoms with E-state index in [1.807, 2.05) is 6.92 Å². The van der Waals surface area contributed by atoms with Crippen molar-refractivity contribution < 1.29 is 57.5 Å². The fraction of sp³-hybridized carbons (Fsp3) is 0.739. The number of hydrogen-bond acceptors (Lipinski definition) is 24. The molecule has 0 aromatic heterocycles. The lowest BCUT2D eigenvalue weighted by atomic mass is 10.1. The van der Waals surface area contributed by atoms with E-state index in [2.05, 4.69) is 59.9 Å². The second-order valence-electron chi connectivity index (χ2n) is 13.7. The molecule has 0 bridgehead atoms. The van der Waals surface area contributed by atoms with Crippen molar-refractivity contribution in [2.45, 2.75) is 154 Å². The Morgan fingerprint density at radius 2 is 0.486 bits per heavy atom.